The Labute approximate surface area is 544 Å². The third kappa shape index (κ3) is 16.5. The zero-order valence-electron chi connectivity index (χ0n) is 50.6. The number of hydrogen-bond donors (Lipinski definition) is 8. The summed E-state index contributed by atoms with van der Waals surface area (Å²) >= 11 is 12.9. The van der Waals surface area contributed by atoms with Gasteiger partial charge in [0.25, 0.3) is 11.8 Å². The summed E-state index contributed by atoms with van der Waals surface area (Å²) in [7, 11) is -10.1. The molecule has 1 unspecified atom stereocenters. The molecule has 1 saturated heterocycles. The van der Waals surface area contributed by atoms with Gasteiger partial charge in [0.2, 0.25) is 17.7 Å². The number of benzene rings is 5. The van der Waals surface area contributed by atoms with E-state index in [0.717, 1.165) is 0 Å². The van der Waals surface area contributed by atoms with E-state index in [-0.39, 0.29) is 121 Å². The van der Waals surface area contributed by atoms with Gasteiger partial charge in [0.05, 0.1) is 22.5 Å². The molecule has 1 saturated carbocycles. The first-order valence-corrected chi connectivity index (χ1v) is 34.4. The molecule has 5 aromatic rings. The van der Waals surface area contributed by atoms with E-state index in [1.807, 2.05) is 0 Å². The van der Waals surface area contributed by atoms with Gasteiger partial charge >= 0.3 is 27.8 Å². The molecule has 3 aliphatic heterocycles. The van der Waals surface area contributed by atoms with E-state index in [4.69, 9.17) is 42.7 Å². The second kappa shape index (κ2) is 30.0. The van der Waals surface area contributed by atoms with Crippen LogP contribution in [0, 0.1) is 17.3 Å². The van der Waals surface area contributed by atoms with Crippen LogP contribution in [0.3, 0.4) is 0 Å². The number of primary amides is 1. The van der Waals surface area contributed by atoms with Crippen LogP contribution in [-0.2, 0) is 47.4 Å². The minimum Gasteiger partial charge on any atom is -0.428 e. The molecule has 25 nitrogen and oxygen atoms in total. The third-order valence-corrected chi connectivity index (χ3v) is 18.9. The van der Waals surface area contributed by atoms with Crippen LogP contribution in [0.1, 0.15) is 118 Å². The predicted octanol–water partition coefficient (Wildman–Crippen LogP) is 9.43. The molecule has 4 atom stereocenters. The smallest absolute Gasteiger partial charge is 0.428 e. The number of carbonyl (C=O) groups is 9. The number of ketones is 2. The molecule has 2 fully saturated rings. The van der Waals surface area contributed by atoms with E-state index in [9.17, 15) is 71.9 Å². The van der Waals surface area contributed by atoms with Gasteiger partial charge in [-0.05, 0) is 89.8 Å². The number of imide groups is 1. The highest BCUT2D eigenvalue weighted by atomic mass is 35.5. The molecule has 4 aliphatic rings. The highest BCUT2D eigenvalue weighted by molar-refractivity contribution is 7.47. The maximum Gasteiger partial charge on any atom is 0.524 e. The monoisotopic (exact) mass is 1360 g/mol. The molecular formula is C64H71Cl2N7O18P2. The van der Waals surface area contributed by atoms with Crippen molar-refractivity contribution in [2.24, 2.45) is 23.0 Å². The number of Topliss-reactive ketones (excluding diaryl/α,β-unsaturated/α-hetero) is 2. The van der Waals surface area contributed by atoms with Gasteiger partial charge in [0, 0.05) is 116 Å². The maximum atomic E-state index is 14.3. The summed E-state index contributed by atoms with van der Waals surface area (Å²) in [6, 6.07) is 20.0. The number of nitrogens with two attached hydrogens (primary N) is 1. The molecule has 9 N–H and O–H groups in total. The first kappa shape index (κ1) is 69.4. The van der Waals surface area contributed by atoms with Crippen LogP contribution in [-0.4, -0.2) is 122 Å². The molecule has 0 radical (unpaired) electrons. The Hall–Kier alpha value is -7.99. The number of anilines is 3. The van der Waals surface area contributed by atoms with Crippen LogP contribution >= 0.6 is 38.8 Å². The summed E-state index contributed by atoms with van der Waals surface area (Å²) in [5, 5.41) is 9.53. The second-order valence-corrected chi connectivity index (χ2v) is 26.4. The SMILES string of the molecule is CC1CC(=O)N(CCCCCCC(=O)C2(C(=O)C[C@@H](CCCNC(N)=O)C(=O)NCOC(=O)Nc3cc(/C=C/C(=O)N4C[C@@H](CCl)c5c4cc(OP(=O)(O)O)c4ccccc54)ccc3/C=C/C(=O)N3C[C@@H](CCl)c4c3cc(OP(=O)(O)O)c3ccccc43)CCC2)C1=O. The van der Waals surface area contributed by atoms with Crippen molar-refractivity contribution in [3.05, 3.63) is 113 Å². The highest BCUT2D eigenvalue weighted by Gasteiger charge is 2.50. The lowest BCUT2D eigenvalue weighted by Gasteiger charge is -2.39. The van der Waals surface area contributed by atoms with E-state index in [1.165, 1.54) is 63.3 Å². The van der Waals surface area contributed by atoms with Crippen LogP contribution in [0.5, 0.6) is 11.5 Å². The number of nitrogens with one attached hydrogen (secondary N) is 3. The summed E-state index contributed by atoms with van der Waals surface area (Å²) in [5.41, 5.74) is 6.49. The number of amides is 8. The third-order valence-electron chi connectivity index (χ3n) is 17.3. The lowest BCUT2D eigenvalue weighted by Crippen LogP contribution is -2.47. The Bertz CT molecular complexity index is 3940. The van der Waals surface area contributed by atoms with Gasteiger partial charge < -0.3 is 40.0 Å². The van der Waals surface area contributed by atoms with Crippen LogP contribution in [0.15, 0.2) is 91.0 Å². The zero-order chi connectivity index (χ0) is 66.9. The predicted molar refractivity (Wildman–Crippen MR) is 347 cm³/mol. The maximum absolute atomic E-state index is 14.3. The van der Waals surface area contributed by atoms with Gasteiger partial charge in [-0.2, -0.15) is 0 Å². The van der Waals surface area contributed by atoms with Gasteiger partial charge in [-0.1, -0.05) is 86.8 Å². The van der Waals surface area contributed by atoms with Crippen LogP contribution in [0.25, 0.3) is 33.7 Å². The molecule has 0 spiro atoms. The number of phosphoric acid groups is 2. The number of alkyl halides is 2. The molecule has 0 aromatic heterocycles. The summed E-state index contributed by atoms with van der Waals surface area (Å²) in [5.74, 6) is -5.18. The highest BCUT2D eigenvalue weighted by Crippen LogP contribution is 2.51. The van der Waals surface area contributed by atoms with Crippen molar-refractivity contribution >= 4 is 143 Å². The van der Waals surface area contributed by atoms with Gasteiger partial charge in [-0.15, -0.1) is 23.2 Å². The number of urea groups is 1. The molecule has 0 bridgehead atoms. The number of halogens is 2. The fourth-order valence-corrected chi connectivity index (χ4v) is 13.9. The second-order valence-electron chi connectivity index (χ2n) is 23.5. The minimum atomic E-state index is -5.07. The van der Waals surface area contributed by atoms with Crippen molar-refractivity contribution < 1.29 is 85.6 Å². The van der Waals surface area contributed by atoms with Gasteiger partial charge in [0.15, 0.2) is 6.73 Å². The number of rotatable bonds is 29. The summed E-state index contributed by atoms with van der Waals surface area (Å²) in [6.45, 7) is 1.56. The molecule has 8 amide bonds. The van der Waals surface area contributed by atoms with E-state index in [0.29, 0.717) is 95.4 Å². The Kier molecular flexibility index (Phi) is 22.3. The van der Waals surface area contributed by atoms with Crippen molar-refractivity contribution in [3.8, 4) is 11.5 Å². The largest absolute Gasteiger partial charge is 0.524 e. The fraction of sp³-hybridized carbons (Fsp3) is 0.391. The first-order chi connectivity index (χ1) is 44.3. The number of nitrogens with zero attached hydrogens (tertiary/aromatic N) is 3. The standard InChI is InChI=1S/C64H71Cl2N7O18P2/c1-38-28-57(78)71(61(38)80)27-9-3-2-4-17-53(74)64(24-11-25-64)54(75)30-41(12-10-26-68-62(67)81)60(79)69-37-89-63(82)70-48-29-39(19-22-55(76)72-35-42(33-65)58-46-15-7-5-13-44(46)51(31-49(58)72)90-92(83,84)85)18-20-40(48)21-23-56(77)73-36-43(34-66)59-47-16-8-6-14-45(47)52(32-50(59)73)91-93(86,87)88/h5-8,13-16,18-23,29,31-32,38,41-43H,2-4,9-12,17,24-28,30,33-37H2,1H3,(H,69,79)(H,70,82)(H3,67,68,81)(H2,83,84,85)(H2,86,87,88)/b22-19+,23-21+/t38?,41-,42-,43-/m1/s1. The zero-order valence-corrected chi connectivity index (χ0v) is 53.9. The van der Waals surface area contributed by atoms with Crippen LogP contribution < -0.4 is 40.5 Å². The van der Waals surface area contributed by atoms with Crippen molar-refractivity contribution in [3.63, 3.8) is 0 Å². The Morgan fingerprint density at radius 1 is 0.720 bits per heavy atom. The molecule has 1 aliphatic carbocycles. The number of fused-ring (bicyclic) bond motifs is 6. The Morgan fingerprint density at radius 3 is 1.80 bits per heavy atom. The van der Waals surface area contributed by atoms with Gasteiger partial charge in [-0.25, -0.2) is 18.7 Å². The van der Waals surface area contributed by atoms with E-state index < -0.39 is 75.3 Å². The number of hydrogen-bond acceptors (Lipinski definition) is 14. The molecule has 5 aromatic carbocycles. The lowest BCUT2D eigenvalue weighted by molar-refractivity contribution is -0.149. The van der Waals surface area contributed by atoms with Crippen LogP contribution in [0.2, 0.25) is 0 Å². The Balaban J connectivity index is 0.919. The average molecular weight is 1360 g/mol. The number of unbranched alkanes of at least 4 members (excludes halogenated alkanes) is 3. The van der Waals surface area contributed by atoms with Gasteiger partial charge in [-0.3, -0.25) is 63.4 Å². The lowest BCUT2D eigenvalue weighted by atomic mass is 9.61. The summed E-state index contributed by atoms with van der Waals surface area (Å²) < 4.78 is 39.8. The van der Waals surface area contributed by atoms with Crippen molar-refractivity contribution in [2.75, 3.05) is 59.8 Å². The van der Waals surface area contributed by atoms with E-state index >= 15 is 0 Å². The molecular weight excluding hydrogens is 1290 g/mol. The van der Waals surface area contributed by atoms with Gasteiger partial charge in [0.1, 0.15) is 23.1 Å². The van der Waals surface area contributed by atoms with Crippen molar-refractivity contribution in [1.82, 2.24) is 15.5 Å². The molecule has 9 rings (SSSR count). The summed E-state index contributed by atoms with van der Waals surface area (Å²) in [4.78, 5) is 163. The Morgan fingerprint density at radius 2 is 1.28 bits per heavy atom. The van der Waals surface area contributed by atoms with Crippen molar-refractivity contribution in [1.29, 1.82) is 0 Å². The van der Waals surface area contributed by atoms with E-state index in [2.05, 4.69) is 16.0 Å². The van der Waals surface area contributed by atoms with Crippen LogP contribution in [0.4, 0.5) is 26.7 Å². The number of carbonyl (C=O) groups excluding carboxylic acids is 9. The van der Waals surface area contributed by atoms with Crippen molar-refractivity contribution in [2.45, 2.75) is 95.8 Å². The number of likely N-dealkylation sites (tertiary alicyclic amines) is 1. The molecule has 494 valence electrons. The first-order valence-electron chi connectivity index (χ1n) is 30.3. The summed E-state index contributed by atoms with van der Waals surface area (Å²) in [6.07, 6.45) is 8.06. The quantitative estimate of drug-likeness (QED) is 0.00420. The number of phosphoric ester groups is 2. The fourth-order valence-electron chi connectivity index (χ4n) is 12.6. The van der Waals surface area contributed by atoms with E-state index in [1.54, 1.807) is 61.5 Å². The average Bonchev–Trinajstić information content (AvgIpc) is 1.66. The molecule has 3 heterocycles. The number of ether oxygens (including phenoxy) is 1. The topological polar surface area (TPSA) is 368 Å². The molecule has 29 heteroatoms. The normalized spacial score (nSPS) is 18.0. The molecule has 93 heavy (non-hydrogen) atoms. The minimum absolute atomic E-state index is 0.0267.